The second kappa shape index (κ2) is 8.93. The molecule has 1 aliphatic carbocycles. The Labute approximate surface area is 200 Å². The van der Waals surface area contributed by atoms with Crippen LogP contribution in [0.4, 0.5) is 11.4 Å². The summed E-state index contributed by atoms with van der Waals surface area (Å²) in [4.78, 5) is 31.8. The molecule has 1 fully saturated rings. The number of fused-ring (bicyclic) bond motifs is 1. The summed E-state index contributed by atoms with van der Waals surface area (Å²) in [5.41, 5.74) is 5.18. The second-order valence-electron chi connectivity index (χ2n) is 9.32. The quantitative estimate of drug-likeness (QED) is 0.566. The van der Waals surface area contributed by atoms with Crippen molar-refractivity contribution in [1.29, 1.82) is 0 Å². The average molecular weight is 455 g/mol. The van der Waals surface area contributed by atoms with Gasteiger partial charge in [-0.1, -0.05) is 37.3 Å². The Hall–Kier alpha value is -3.67. The van der Waals surface area contributed by atoms with E-state index in [2.05, 4.69) is 29.7 Å². The average Bonchev–Trinajstić information content (AvgIpc) is 3.70. The number of pyridine rings is 1. The number of aromatic nitrogens is 1. The van der Waals surface area contributed by atoms with Crippen molar-refractivity contribution in [1.82, 2.24) is 10.3 Å². The van der Waals surface area contributed by atoms with Crippen LogP contribution in [0, 0.1) is 11.8 Å². The number of rotatable bonds is 5. The molecule has 3 atom stereocenters. The Morgan fingerprint density at radius 2 is 1.68 bits per heavy atom. The van der Waals surface area contributed by atoms with Gasteiger partial charge in [-0.15, -0.1) is 0 Å². The van der Waals surface area contributed by atoms with Crippen LogP contribution in [0.2, 0.25) is 0 Å². The molecule has 6 nitrogen and oxygen atoms in total. The van der Waals surface area contributed by atoms with E-state index >= 15 is 0 Å². The third-order valence-corrected chi connectivity index (χ3v) is 7.03. The maximum absolute atomic E-state index is 12.8. The van der Waals surface area contributed by atoms with E-state index in [4.69, 9.17) is 4.98 Å². The number of benzene rings is 2. The summed E-state index contributed by atoms with van der Waals surface area (Å²) in [7, 11) is 1.62. The Morgan fingerprint density at radius 3 is 2.29 bits per heavy atom. The number of para-hydroxylation sites is 1. The summed E-state index contributed by atoms with van der Waals surface area (Å²) in [5.74, 6) is 0.674. The maximum atomic E-state index is 12.8. The van der Waals surface area contributed by atoms with Crippen molar-refractivity contribution in [3.63, 3.8) is 0 Å². The number of carbonyl (C=O) groups excluding carboxylic acids is 2. The molecule has 0 spiro atoms. The zero-order valence-electron chi connectivity index (χ0n) is 19.8. The maximum Gasteiger partial charge on any atom is 0.251 e. The molecule has 2 heterocycles. The van der Waals surface area contributed by atoms with E-state index in [-0.39, 0.29) is 29.8 Å². The number of hydrogen-bond acceptors (Lipinski definition) is 4. The first-order valence-corrected chi connectivity index (χ1v) is 11.9. The number of carbonyl (C=O) groups is 2. The lowest BCUT2D eigenvalue weighted by atomic mass is 9.81. The molecule has 0 saturated heterocycles. The van der Waals surface area contributed by atoms with Gasteiger partial charge in [0.15, 0.2) is 0 Å². The fraction of sp³-hybridized carbons (Fsp3) is 0.321. The summed E-state index contributed by atoms with van der Waals surface area (Å²) < 4.78 is 0. The summed E-state index contributed by atoms with van der Waals surface area (Å²) >= 11 is 0. The van der Waals surface area contributed by atoms with E-state index in [9.17, 15) is 9.59 Å². The van der Waals surface area contributed by atoms with Gasteiger partial charge < -0.3 is 15.5 Å². The molecule has 174 valence electrons. The fourth-order valence-electron chi connectivity index (χ4n) is 5.21. The molecule has 0 bridgehead atoms. The largest absolute Gasteiger partial charge is 0.376 e. The molecule has 1 aromatic heterocycles. The van der Waals surface area contributed by atoms with Gasteiger partial charge in [-0.3, -0.25) is 9.59 Å². The van der Waals surface area contributed by atoms with Crippen molar-refractivity contribution in [2.24, 2.45) is 11.8 Å². The third kappa shape index (κ3) is 4.04. The van der Waals surface area contributed by atoms with Gasteiger partial charge in [-0.05, 0) is 55.2 Å². The van der Waals surface area contributed by atoms with E-state index < -0.39 is 0 Å². The second-order valence-corrected chi connectivity index (χ2v) is 9.32. The molecule has 6 heteroatoms. The van der Waals surface area contributed by atoms with Crippen LogP contribution in [-0.4, -0.2) is 29.9 Å². The van der Waals surface area contributed by atoms with Gasteiger partial charge in [0, 0.05) is 42.7 Å². The standard InChI is InChI=1S/C28H30N4O2/c1-17-25(30-22-7-5-4-6-8-22)26-24(32(18(2)33)27(17)20-11-12-20)16-15-23(31-26)19-9-13-21(14-10-19)28(34)29-3/h4-10,13-17,20,25,27,30H,11-12H2,1-3H3,(H,29,34). The smallest absolute Gasteiger partial charge is 0.251 e. The van der Waals surface area contributed by atoms with Gasteiger partial charge in [0.1, 0.15) is 0 Å². The summed E-state index contributed by atoms with van der Waals surface area (Å²) in [6.45, 7) is 3.89. The molecular weight excluding hydrogens is 424 g/mol. The van der Waals surface area contributed by atoms with Crippen LogP contribution in [0.15, 0.2) is 66.7 Å². The minimum absolute atomic E-state index is 0.0244. The SMILES string of the molecule is CNC(=O)c1ccc(-c2ccc3c(n2)C(Nc2ccccc2)C(C)C(C2CC2)N3C(C)=O)cc1. The molecule has 2 amide bonds. The molecule has 1 saturated carbocycles. The predicted octanol–water partition coefficient (Wildman–Crippen LogP) is 5.04. The normalized spacial score (nSPS) is 21.5. The van der Waals surface area contributed by atoms with Crippen LogP contribution < -0.4 is 15.5 Å². The highest BCUT2D eigenvalue weighted by atomic mass is 16.2. The molecule has 2 aliphatic rings. The molecule has 3 aromatic rings. The van der Waals surface area contributed by atoms with Crippen LogP contribution >= 0.6 is 0 Å². The number of nitrogens with one attached hydrogen (secondary N) is 2. The molecule has 34 heavy (non-hydrogen) atoms. The Kier molecular flexibility index (Phi) is 5.82. The molecule has 1 aliphatic heterocycles. The molecule has 2 N–H and O–H groups in total. The van der Waals surface area contributed by atoms with Gasteiger partial charge in [0.25, 0.3) is 5.91 Å². The van der Waals surface area contributed by atoms with Gasteiger partial charge in [-0.2, -0.15) is 0 Å². The molecule has 5 rings (SSSR count). The van der Waals surface area contributed by atoms with Gasteiger partial charge in [0.05, 0.1) is 23.1 Å². The molecule has 3 unspecified atom stereocenters. The van der Waals surface area contributed by atoms with Crippen molar-refractivity contribution in [2.75, 3.05) is 17.3 Å². The number of hydrogen-bond donors (Lipinski definition) is 2. The highest BCUT2D eigenvalue weighted by molar-refractivity contribution is 5.95. The van der Waals surface area contributed by atoms with E-state index in [1.54, 1.807) is 14.0 Å². The highest BCUT2D eigenvalue weighted by Gasteiger charge is 2.48. The van der Waals surface area contributed by atoms with E-state index in [1.807, 2.05) is 59.5 Å². The van der Waals surface area contributed by atoms with Crippen LogP contribution in [0.3, 0.4) is 0 Å². The minimum Gasteiger partial charge on any atom is -0.376 e. The van der Waals surface area contributed by atoms with Crippen molar-refractivity contribution in [3.05, 3.63) is 78.0 Å². The first-order chi connectivity index (χ1) is 16.5. The Balaban J connectivity index is 1.59. The lowest BCUT2D eigenvalue weighted by Crippen LogP contribution is -2.51. The fourth-order valence-corrected chi connectivity index (χ4v) is 5.21. The number of amides is 2. The summed E-state index contributed by atoms with van der Waals surface area (Å²) in [5, 5.41) is 6.36. The zero-order valence-corrected chi connectivity index (χ0v) is 19.8. The zero-order chi connectivity index (χ0) is 23.8. The molecule has 0 radical (unpaired) electrons. The minimum atomic E-state index is -0.117. The molecular formula is C28H30N4O2. The Morgan fingerprint density at radius 1 is 0.971 bits per heavy atom. The van der Waals surface area contributed by atoms with Crippen LogP contribution in [-0.2, 0) is 4.79 Å². The van der Waals surface area contributed by atoms with E-state index in [0.717, 1.165) is 41.2 Å². The number of anilines is 2. The van der Waals surface area contributed by atoms with Crippen LogP contribution in [0.5, 0.6) is 0 Å². The summed E-state index contributed by atoms with van der Waals surface area (Å²) in [6, 6.07) is 21.8. The van der Waals surface area contributed by atoms with Crippen molar-refractivity contribution in [2.45, 2.75) is 38.8 Å². The predicted molar refractivity (Wildman–Crippen MR) is 135 cm³/mol. The topological polar surface area (TPSA) is 74.3 Å². The van der Waals surface area contributed by atoms with Crippen LogP contribution in [0.1, 0.15) is 48.8 Å². The van der Waals surface area contributed by atoms with Crippen LogP contribution in [0.25, 0.3) is 11.3 Å². The first-order valence-electron chi connectivity index (χ1n) is 11.9. The van der Waals surface area contributed by atoms with Crippen molar-refractivity contribution < 1.29 is 9.59 Å². The summed E-state index contributed by atoms with van der Waals surface area (Å²) in [6.07, 6.45) is 2.32. The molecule has 2 aromatic carbocycles. The first kappa shape index (κ1) is 22.1. The third-order valence-electron chi connectivity index (χ3n) is 7.03. The lowest BCUT2D eigenvalue weighted by Gasteiger charge is -2.45. The number of nitrogens with zero attached hydrogens (tertiary/aromatic N) is 2. The monoisotopic (exact) mass is 454 g/mol. The Bertz CT molecular complexity index is 1200. The van der Waals surface area contributed by atoms with E-state index in [0.29, 0.717) is 11.5 Å². The van der Waals surface area contributed by atoms with Gasteiger partial charge in [-0.25, -0.2) is 4.98 Å². The van der Waals surface area contributed by atoms with E-state index in [1.165, 1.54) is 0 Å². The van der Waals surface area contributed by atoms with Crippen molar-refractivity contribution >= 4 is 23.2 Å². The van der Waals surface area contributed by atoms with Crippen molar-refractivity contribution in [3.8, 4) is 11.3 Å². The van der Waals surface area contributed by atoms with Gasteiger partial charge >= 0.3 is 0 Å². The highest BCUT2D eigenvalue weighted by Crippen LogP contribution is 2.49. The van der Waals surface area contributed by atoms with Gasteiger partial charge in [0.2, 0.25) is 5.91 Å². The lowest BCUT2D eigenvalue weighted by molar-refractivity contribution is -0.117.